The van der Waals surface area contributed by atoms with Crippen molar-refractivity contribution in [3.05, 3.63) is 29.8 Å². The highest BCUT2D eigenvalue weighted by molar-refractivity contribution is 5.76. The maximum Gasteiger partial charge on any atom is 0.222 e. The second-order valence-electron chi connectivity index (χ2n) is 4.66. The smallest absolute Gasteiger partial charge is 0.222 e. The van der Waals surface area contributed by atoms with E-state index in [4.69, 9.17) is 4.74 Å². The lowest BCUT2D eigenvalue weighted by Crippen LogP contribution is -2.30. The maximum atomic E-state index is 12.0. The zero-order valence-corrected chi connectivity index (χ0v) is 12.3. The topological polar surface area (TPSA) is 41.6 Å². The summed E-state index contributed by atoms with van der Waals surface area (Å²) in [6.45, 7) is 2.91. The molecule has 1 aromatic carbocycles. The second kappa shape index (κ2) is 7.79. The third-order valence-electron chi connectivity index (χ3n) is 3.39. The molecule has 0 aliphatic carbocycles. The molecule has 0 spiro atoms. The fraction of sp³-hybridized carbons (Fsp3) is 0.533. The van der Waals surface area contributed by atoms with Crippen molar-refractivity contribution in [3.8, 4) is 5.75 Å². The summed E-state index contributed by atoms with van der Waals surface area (Å²) in [5.74, 6) is 1.01. The van der Waals surface area contributed by atoms with E-state index in [9.17, 15) is 4.79 Å². The van der Waals surface area contributed by atoms with Gasteiger partial charge in [0, 0.05) is 13.5 Å². The molecule has 0 fully saturated rings. The molecule has 0 aliphatic heterocycles. The van der Waals surface area contributed by atoms with Crippen molar-refractivity contribution in [1.82, 2.24) is 10.2 Å². The number of nitrogens with one attached hydrogen (secondary N) is 1. The van der Waals surface area contributed by atoms with Crippen molar-refractivity contribution >= 4 is 5.91 Å². The van der Waals surface area contributed by atoms with E-state index < -0.39 is 0 Å². The van der Waals surface area contributed by atoms with Gasteiger partial charge in [-0.15, -0.1) is 0 Å². The van der Waals surface area contributed by atoms with Crippen LogP contribution in [0.1, 0.15) is 31.4 Å². The molecular formula is C15H24N2O2. The number of ether oxygens (including phenoxy) is 1. The second-order valence-corrected chi connectivity index (χ2v) is 4.66. The predicted molar refractivity (Wildman–Crippen MR) is 77.3 cm³/mol. The van der Waals surface area contributed by atoms with Crippen LogP contribution in [0.25, 0.3) is 0 Å². The molecule has 106 valence electrons. The highest BCUT2D eigenvalue weighted by Gasteiger charge is 2.16. The van der Waals surface area contributed by atoms with Crippen molar-refractivity contribution in [3.63, 3.8) is 0 Å². The van der Waals surface area contributed by atoms with Gasteiger partial charge in [-0.2, -0.15) is 0 Å². The Hall–Kier alpha value is -1.55. The summed E-state index contributed by atoms with van der Waals surface area (Å²) in [5, 5.41) is 3.05. The highest BCUT2D eigenvalue weighted by atomic mass is 16.5. The van der Waals surface area contributed by atoms with E-state index >= 15 is 0 Å². The zero-order chi connectivity index (χ0) is 14.3. The minimum atomic E-state index is 0.0768. The molecule has 1 N–H and O–H groups in total. The molecule has 4 nitrogen and oxygen atoms in total. The molecule has 0 aliphatic rings. The fourth-order valence-corrected chi connectivity index (χ4v) is 1.91. The van der Waals surface area contributed by atoms with Gasteiger partial charge < -0.3 is 15.0 Å². The number of hydrogen-bond acceptors (Lipinski definition) is 3. The summed E-state index contributed by atoms with van der Waals surface area (Å²) in [5.41, 5.74) is 1.12. The van der Waals surface area contributed by atoms with Gasteiger partial charge in [-0.3, -0.25) is 4.79 Å². The Morgan fingerprint density at radius 1 is 1.37 bits per heavy atom. The Labute approximate surface area is 115 Å². The van der Waals surface area contributed by atoms with Gasteiger partial charge in [0.05, 0.1) is 13.2 Å². The molecule has 1 aromatic rings. The number of amides is 1. The number of methoxy groups -OCH3 is 1. The minimum Gasteiger partial charge on any atom is -0.497 e. The summed E-state index contributed by atoms with van der Waals surface area (Å²) in [6, 6.07) is 7.92. The molecule has 19 heavy (non-hydrogen) atoms. The number of carbonyl (C=O) groups excluding carboxylic acids is 1. The molecule has 1 amide bonds. The van der Waals surface area contributed by atoms with E-state index in [1.165, 1.54) is 0 Å². The number of nitrogens with zero attached hydrogens (tertiary/aromatic N) is 1. The first-order valence-corrected chi connectivity index (χ1v) is 6.64. The van der Waals surface area contributed by atoms with Crippen LogP contribution in [-0.2, 0) is 4.79 Å². The number of rotatable bonds is 7. The van der Waals surface area contributed by atoms with E-state index in [1.54, 1.807) is 12.0 Å². The molecule has 1 unspecified atom stereocenters. The molecule has 0 saturated carbocycles. The van der Waals surface area contributed by atoms with E-state index in [2.05, 4.69) is 5.32 Å². The Bertz CT molecular complexity index is 390. The van der Waals surface area contributed by atoms with E-state index in [-0.39, 0.29) is 11.9 Å². The number of hydrogen-bond donors (Lipinski definition) is 1. The van der Waals surface area contributed by atoms with Crippen LogP contribution in [0.3, 0.4) is 0 Å². The van der Waals surface area contributed by atoms with Crippen molar-refractivity contribution in [2.45, 2.75) is 25.8 Å². The monoisotopic (exact) mass is 264 g/mol. The lowest BCUT2D eigenvalue weighted by atomic mass is 10.1. The van der Waals surface area contributed by atoms with Crippen LogP contribution in [0.2, 0.25) is 0 Å². The van der Waals surface area contributed by atoms with Crippen LogP contribution in [0.5, 0.6) is 5.75 Å². The van der Waals surface area contributed by atoms with Crippen LogP contribution < -0.4 is 10.1 Å². The minimum absolute atomic E-state index is 0.0768. The lowest BCUT2D eigenvalue weighted by molar-refractivity contribution is -0.131. The summed E-state index contributed by atoms with van der Waals surface area (Å²) < 4.78 is 5.13. The van der Waals surface area contributed by atoms with Gasteiger partial charge in [-0.1, -0.05) is 12.1 Å². The van der Waals surface area contributed by atoms with Gasteiger partial charge in [0.25, 0.3) is 0 Å². The van der Waals surface area contributed by atoms with Crippen molar-refractivity contribution in [2.75, 3.05) is 27.7 Å². The Kier molecular flexibility index (Phi) is 6.36. The van der Waals surface area contributed by atoms with Crippen molar-refractivity contribution in [2.24, 2.45) is 0 Å². The fourth-order valence-electron chi connectivity index (χ4n) is 1.91. The predicted octanol–water partition coefficient (Wildman–Crippen LogP) is 2.21. The van der Waals surface area contributed by atoms with Crippen molar-refractivity contribution < 1.29 is 9.53 Å². The van der Waals surface area contributed by atoms with Gasteiger partial charge >= 0.3 is 0 Å². The summed E-state index contributed by atoms with van der Waals surface area (Å²) in [6.07, 6.45) is 1.45. The molecule has 0 radical (unpaired) electrons. The van der Waals surface area contributed by atoms with Crippen LogP contribution in [-0.4, -0.2) is 38.6 Å². The molecule has 0 saturated heterocycles. The average Bonchev–Trinajstić information content (AvgIpc) is 2.46. The molecular weight excluding hydrogens is 240 g/mol. The SMILES string of the molecule is CNCCCC(=O)N(C)C(C)c1ccc(OC)cc1. The molecule has 4 heteroatoms. The summed E-state index contributed by atoms with van der Waals surface area (Å²) >= 11 is 0. The van der Waals surface area contributed by atoms with Crippen molar-refractivity contribution in [1.29, 1.82) is 0 Å². The Morgan fingerprint density at radius 3 is 2.53 bits per heavy atom. The van der Waals surface area contributed by atoms with Gasteiger partial charge in [-0.05, 0) is 44.6 Å². The lowest BCUT2D eigenvalue weighted by Gasteiger charge is -2.25. The third kappa shape index (κ3) is 4.56. The number of carbonyl (C=O) groups is 1. The normalized spacial score (nSPS) is 12.0. The van der Waals surface area contributed by atoms with E-state index in [1.807, 2.05) is 45.3 Å². The maximum absolute atomic E-state index is 12.0. The van der Waals surface area contributed by atoms with Crippen LogP contribution in [0.4, 0.5) is 0 Å². The van der Waals surface area contributed by atoms with Crippen LogP contribution in [0.15, 0.2) is 24.3 Å². The highest BCUT2D eigenvalue weighted by Crippen LogP contribution is 2.22. The first-order chi connectivity index (χ1) is 9.10. The quantitative estimate of drug-likeness (QED) is 0.768. The van der Waals surface area contributed by atoms with Crippen LogP contribution >= 0.6 is 0 Å². The summed E-state index contributed by atoms with van der Waals surface area (Å²) in [7, 11) is 5.40. The first-order valence-electron chi connectivity index (χ1n) is 6.64. The Morgan fingerprint density at radius 2 is 2.00 bits per heavy atom. The van der Waals surface area contributed by atoms with Gasteiger partial charge in [0.15, 0.2) is 0 Å². The van der Waals surface area contributed by atoms with Gasteiger partial charge in [0.1, 0.15) is 5.75 Å². The molecule has 0 aromatic heterocycles. The standard InChI is InChI=1S/C15H24N2O2/c1-12(13-7-9-14(19-4)10-8-13)17(3)15(18)6-5-11-16-2/h7-10,12,16H,5-6,11H2,1-4H3. The van der Waals surface area contributed by atoms with E-state index in [0.717, 1.165) is 24.3 Å². The largest absolute Gasteiger partial charge is 0.497 e. The third-order valence-corrected chi connectivity index (χ3v) is 3.39. The Balaban J connectivity index is 2.59. The molecule has 0 heterocycles. The molecule has 0 bridgehead atoms. The molecule has 1 atom stereocenters. The first kappa shape index (κ1) is 15.5. The van der Waals surface area contributed by atoms with Gasteiger partial charge in [0.2, 0.25) is 5.91 Å². The summed E-state index contributed by atoms with van der Waals surface area (Å²) in [4.78, 5) is 13.8. The average molecular weight is 264 g/mol. The van der Waals surface area contributed by atoms with Crippen LogP contribution in [0, 0.1) is 0 Å². The molecule has 1 rings (SSSR count). The zero-order valence-electron chi connectivity index (χ0n) is 12.3. The number of benzene rings is 1. The van der Waals surface area contributed by atoms with E-state index in [0.29, 0.717) is 6.42 Å². The van der Waals surface area contributed by atoms with Gasteiger partial charge in [-0.25, -0.2) is 0 Å².